The molecule has 9 heteroatoms. The summed E-state index contributed by atoms with van der Waals surface area (Å²) in [6, 6.07) is 10.7. The lowest BCUT2D eigenvalue weighted by Gasteiger charge is -2.38. The van der Waals surface area contributed by atoms with E-state index >= 15 is 0 Å². The molecule has 7 nitrogen and oxygen atoms in total. The van der Waals surface area contributed by atoms with E-state index < -0.39 is 0 Å². The molecule has 0 unspecified atom stereocenters. The molecule has 5 heterocycles. The molecular weight excluding hydrogens is 483 g/mol. The van der Waals surface area contributed by atoms with E-state index in [1.807, 2.05) is 31.3 Å². The topological polar surface area (TPSA) is 70.2 Å². The minimum Gasteiger partial charge on any atom is -0.486 e. The first kappa shape index (κ1) is 22.6. The number of piperazine rings is 1. The summed E-state index contributed by atoms with van der Waals surface area (Å²) in [4.78, 5) is 13.8. The molecule has 2 saturated heterocycles. The molecule has 6 rings (SSSR count). The lowest BCUT2D eigenvalue weighted by atomic mass is 10.1. The van der Waals surface area contributed by atoms with Gasteiger partial charge in [-0.2, -0.15) is 5.10 Å². The van der Waals surface area contributed by atoms with Crippen LogP contribution in [0.25, 0.3) is 22.2 Å². The van der Waals surface area contributed by atoms with Crippen LogP contribution in [0.3, 0.4) is 0 Å². The van der Waals surface area contributed by atoms with Crippen molar-refractivity contribution in [1.82, 2.24) is 25.1 Å². The molecule has 1 aromatic carbocycles. The fraction of sp³-hybridized carbons (Fsp3) is 0.346. The smallest absolute Gasteiger partial charge is 0.128 e. The summed E-state index contributed by atoms with van der Waals surface area (Å²) in [5.74, 6) is 1.74. The summed E-state index contributed by atoms with van der Waals surface area (Å²) in [5, 5.41) is 9.62. The number of H-pyrrole nitrogens is 1. The Morgan fingerprint density at radius 2 is 1.91 bits per heavy atom. The summed E-state index contributed by atoms with van der Waals surface area (Å²) >= 11 is 12.6. The summed E-state index contributed by atoms with van der Waals surface area (Å²) in [7, 11) is 0. The fourth-order valence-corrected chi connectivity index (χ4v) is 5.94. The van der Waals surface area contributed by atoms with Crippen LogP contribution in [-0.2, 0) is 0 Å². The Balaban J connectivity index is 1.23. The number of pyridine rings is 2. The first-order valence-electron chi connectivity index (χ1n) is 12.0. The van der Waals surface area contributed by atoms with Gasteiger partial charge in [-0.15, -0.1) is 0 Å². The third-order valence-corrected chi connectivity index (χ3v) is 7.68. The Kier molecular flexibility index (Phi) is 6.00. The van der Waals surface area contributed by atoms with Gasteiger partial charge in [-0.25, -0.2) is 4.98 Å². The Morgan fingerprint density at radius 1 is 1.06 bits per heavy atom. The minimum absolute atomic E-state index is 0.341. The second-order valence-electron chi connectivity index (χ2n) is 9.24. The van der Waals surface area contributed by atoms with Crippen LogP contribution in [0.2, 0.25) is 10.0 Å². The first-order valence-corrected chi connectivity index (χ1v) is 12.7. The quantitative estimate of drug-likeness (QED) is 0.370. The molecule has 2 atom stereocenters. The second kappa shape index (κ2) is 9.30. The van der Waals surface area contributed by atoms with Gasteiger partial charge in [-0.3, -0.25) is 15.0 Å². The highest BCUT2D eigenvalue weighted by Crippen LogP contribution is 2.35. The van der Waals surface area contributed by atoms with E-state index in [0.29, 0.717) is 27.4 Å². The number of hydrogen-bond donors (Lipinski definition) is 1. The van der Waals surface area contributed by atoms with E-state index in [4.69, 9.17) is 32.9 Å². The van der Waals surface area contributed by atoms with Gasteiger partial charge in [0.2, 0.25) is 0 Å². The number of anilines is 1. The van der Waals surface area contributed by atoms with Crippen molar-refractivity contribution in [3.8, 4) is 17.0 Å². The van der Waals surface area contributed by atoms with E-state index in [1.165, 1.54) is 19.4 Å². The van der Waals surface area contributed by atoms with Crippen molar-refractivity contribution in [3.05, 3.63) is 64.5 Å². The highest BCUT2D eigenvalue weighted by Gasteiger charge is 2.31. The van der Waals surface area contributed by atoms with Crippen molar-refractivity contribution in [2.24, 2.45) is 0 Å². The normalized spacial score (nSPS) is 19.2. The Hall–Kier alpha value is -2.87. The molecule has 0 aliphatic carbocycles. The summed E-state index contributed by atoms with van der Waals surface area (Å²) in [6.45, 7) is 6.36. The van der Waals surface area contributed by atoms with Crippen LogP contribution in [0.5, 0.6) is 5.75 Å². The van der Waals surface area contributed by atoms with Crippen molar-refractivity contribution in [2.75, 3.05) is 31.1 Å². The number of halogens is 2. The minimum atomic E-state index is -0.341. The molecular formula is C26H26Cl2N6O. The lowest BCUT2D eigenvalue weighted by molar-refractivity contribution is 0.227. The molecule has 2 aliphatic heterocycles. The average Bonchev–Trinajstić information content (AvgIpc) is 3.50. The van der Waals surface area contributed by atoms with Gasteiger partial charge in [-0.1, -0.05) is 23.2 Å². The standard InChI is InChI=1S/C26H26Cl2N6O/c1-16(25-21(27)13-29-14-22(25)28)35-19-5-6-23-20(11-19)26(32-31-23)17-4-7-24(30-12-17)34-10-9-33-8-2-3-18(33)15-34/h4-7,11-14,16,18H,2-3,8-10,15H2,1H3,(H,31,32)/t16-,18-/m1/s1. The molecule has 0 spiro atoms. The second-order valence-corrected chi connectivity index (χ2v) is 10.1. The molecule has 35 heavy (non-hydrogen) atoms. The average molecular weight is 509 g/mol. The van der Waals surface area contributed by atoms with Gasteiger partial charge in [0.1, 0.15) is 23.4 Å². The van der Waals surface area contributed by atoms with Crippen molar-refractivity contribution >= 4 is 39.9 Å². The van der Waals surface area contributed by atoms with Gasteiger partial charge in [-0.05, 0) is 56.6 Å². The van der Waals surface area contributed by atoms with Gasteiger partial charge in [0.25, 0.3) is 0 Å². The number of nitrogens with one attached hydrogen (secondary N) is 1. The fourth-order valence-electron chi connectivity index (χ4n) is 5.27. The number of aromatic nitrogens is 4. The molecule has 2 aliphatic rings. The maximum atomic E-state index is 6.31. The number of ether oxygens (including phenoxy) is 1. The maximum Gasteiger partial charge on any atom is 0.128 e. The van der Waals surface area contributed by atoms with Gasteiger partial charge in [0, 0.05) is 60.8 Å². The number of aromatic amines is 1. The predicted molar refractivity (Wildman–Crippen MR) is 139 cm³/mol. The predicted octanol–water partition coefficient (Wildman–Crippen LogP) is 5.75. The van der Waals surface area contributed by atoms with Crippen LogP contribution in [0.4, 0.5) is 5.82 Å². The highest BCUT2D eigenvalue weighted by atomic mass is 35.5. The van der Waals surface area contributed by atoms with E-state index in [0.717, 1.165) is 47.6 Å². The molecule has 0 bridgehead atoms. The zero-order valence-electron chi connectivity index (χ0n) is 19.4. The van der Waals surface area contributed by atoms with Crippen LogP contribution in [0, 0.1) is 0 Å². The summed E-state index contributed by atoms with van der Waals surface area (Å²) in [6.07, 6.45) is 7.32. The largest absolute Gasteiger partial charge is 0.486 e. The first-order chi connectivity index (χ1) is 17.1. The van der Waals surface area contributed by atoms with Crippen LogP contribution in [0.1, 0.15) is 31.4 Å². The third-order valence-electron chi connectivity index (χ3n) is 7.08. The van der Waals surface area contributed by atoms with Crippen molar-refractivity contribution < 1.29 is 4.74 Å². The molecule has 3 aromatic heterocycles. The number of nitrogens with zero attached hydrogens (tertiary/aromatic N) is 5. The SMILES string of the molecule is C[C@@H](Oc1ccc2[nH]nc(-c3ccc(N4CCN5CCC[C@@H]5C4)nc3)c2c1)c1c(Cl)cncc1Cl. The van der Waals surface area contributed by atoms with E-state index in [2.05, 4.69) is 37.1 Å². The number of fused-ring (bicyclic) bond motifs is 2. The Bertz CT molecular complexity index is 1340. The molecule has 180 valence electrons. The van der Waals surface area contributed by atoms with Gasteiger partial charge >= 0.3 is 0 Å². The third kappa shape index (κ3) is 4.33. The zero-order valence-corrected chi connectivity index (χ0v) is 20.9. The van der Waals surface area contributed by atoms with Crippen LogP contribution < -0.4 is 9.64 Å². The van der Waals surface area contributed by atoms with E-state index in [1.54, 1.807) is 12.4 Å². The number of benzene rings is 1. The highest BCUT2D eigenvalue weighted by molar-refractivity contribution is 6.35. The molecule has 4 aromatic rings. The lowest BCUT2D eigenvalue weighted by Crippen LogP contribution is -2.50. The van der Waals surface area contributed by atoms with Crippen LogP contribution in [0.15, 0.2) is 48.9 Å². The van der Waals surface area contributed by atoms with Gasteiger partial charge in [0.15, 0.2) is 0 Å². The Morgan fingerprint density at radius 3 is 2.71 bits per heavy atom. The number of rotatable bonds is 5. The molecule has 0 radical (unpaired) electrons. The van der Waals surface area contributed by atoms with Crippen molar-refractivity contribution in [2.45, 2.75) is 31.9 Å². The van der Waals surface area contributed by atoms with E-state index in [9.17, 15) is 0 Å². The summed E-state index contributed by atoms with van der Waals surface area (Å²) < 4.78 is 6.20. The van der Waals surface area contributed by atoms with Gasteiger partial charge in [0.05, 0.1) is 15.6 Å². The molecule has 1 N–H and O–H groups in total. The Labute approximate surface area is 214 Å². The molecule has 0 amide bonds. The number of hydrogen-bond acceptors (Lipinski definition) is 6. The van der Waals surface area contributed by atoms with Crippen molar-refractivity contribution in [3.63, 3.8) is 0 Å². The zero-order chi connectivity index (χ0) is 23.9. The van der Waals surface area contributed by atoms with Crippen LogP contribution >= 0.6 is 23.2 Å². The molecule has 2 fully saturated rings. The monoisotopic (exact) mass is 508 g/mol. The van der Waals surface area contributed by atoms with Gasteiger partial charge < -0.3 is 9.64 Å². The molecule has 0 saturated carbocycles. The van der Waals surface area contributed by atoms with Crippen LogP contribution in [-0.4, -0.2) is 57.3 Å². The summed E-state index contributed by atoms with van der Waals surface area (Å²) in [5.41, 5.74) is 3.46. The van der Waals surface area contributed by atoms with Crippen molar-refractivity contribution in [1.29, 1.82) is 0 Å². The van der Waals surface area contributed by atoms with E-state index in [-0.39, 0.29) is 6.10 Å². The maximum absolute atomic E-state index is 6.31.